The fourth-order valence-corrected chi connectivity index (χ4v) is 2.07. The molecule has 0 aliphatic heterocycles. The molecule has 0 fully saturated rings. The van der Waals surface area contributed by atoms with Crippen LogP contribution in [-0.4, -0.2) is 24.2 Å². The minimum Gasteiger partial charge on any atom is -0.481 e. The molecule has 21 heavy (non-hydrogen) atoms. The highest BCUT2D eigenvalue weighted by Gasteiger charge is 2.18. The van der Waals surface area contributed by atoms with Crippen molar-refractivity contribution in [3.8, 4) is 0 Å². The molecule has 118 valence electrons. The highest BCUT2D eigenvalue weighted by Crippen LogP contribution is 2.24. The van der Waals surface area contributed by atoms with Crippen LogP contribution in [0.25, 0.3) is 0 Å². The van der Waals surface area contributed by atoms with Gasteiger partial charge in [-0.25, -0.2) is 13.2 Å². The van der Waals surface area contributed by atoms with E-state index in [-0.39, 0.29) is 18.7 Å². The van der Waals surface area contributed by atoms with E-state index in [1.165, 1.54) is 4.90 Å². The fourth-order valence-electron chi connectivity index (χ4n) is 2.07. The first-order valence-electron chi connectivity index (χ1n) is 7.07. The van der Waals surface area contributed by atoms with Crippen molar-refractivity contribution < 1.29 is 23.1 Å². The molecule has 0 unspecified atom stereocenters. The summed E-state index contributed by atoms with van der Waals surface area (Å²) in [4.78, 5) is 12.1. The van der Waals surface area contributed by atoms with Gasteiger partial charge in [0, 0.05) is 13.1 Å². The lowest BCUT2D eigenvalue weighted by Gasteiger charge is -2.25. The van der Waals surface area contributed by atoms with E-state index in [4.69, 9.17) is 5.11 Å². The Bertz CT molecular complexity index is 480. The maximum absolute atomic E-state index is 13.8. The fraction of sp³-hybridized carbons (Fsp3) is 0.533. The first kappa shape index (κ1) is 17.3. The molecular weight excluding hydrogens is 283 g/mol. The van der Waals surface area contributed by atoms with Crippen LogP contribution in [0.2, 0.25) is 0 Å². The van der Waals surface area contributed by atoms with Gasteiger partial charge in [-0.1, -0.05) is 26.2 Å². The van der Waals surface area contributed by atoms with Crippen molar-refractivity contribution in [3.05, 3.63) is 29.6 Å². The Balaban J connectivity index is 2.84. The quantitative estimate of drug-likeness (QED) is 0.554. The third-order valence-corrected chi connectivity index (χ3v) is 3.23. The Kier molecular flexibility index (Phi) is 7.05. The van der Waals surface area contributed by atoms with Crippen LogP contribution in [0.5, 0.6) is 0 Å². The molecule has 6 heteroatoms. The molecule has 3 nitrogen and oxygen atoms in total. The second kappa shape index (κ2) is 8.54. The van der Waals surface area contributed by atoms with Gasteiger partial charge in [-0.05, 0) is 18.6 Å². The Morgan fingerprint density at radius 2 is 1.81 bits per heavy atom. The van der Waals surface area contributed by atoms with E-state index in [1.807, 2.05) is 0 Å². The number of halogens is 3. The van der Waals surface area contributed by atoms with Gasteiger partial charge in [0.1, 0.15) is 0 Å². The van der Waals surface area contributed by atoms with E-state index in [2.05, 4.69) is 6.92 Å². The van der Waals surface area contributed by atoms with Gasteiger partial charge in [0.2, 0.25) is 0 Å². The summed E-state index contributed by atoms with van der Waals surface area (Å²) in [6.45, 7) is 2.52. The third-order valence-electron chi connectivity index (χ3n) is 3.23. The van der Waals surface area contributed by atoms with Crippen molar-refractivity contribution in [3.63, 3.8) is 0 Å². The minimum absolute atomic E-state index is 0.0590. The van der Waals surface area contributed by atoms with Gasteiger partial charge < -0.3 is 10.0 Å². The molecular formula is C15H20F3NO2. The summed E-state index contributed by atoms with van der Waals surface area (Å²) in [5, 5.41) is 8.73. The number of rotatable bonds is 9. The summed E-state index contributed by atoms with van der Waals surface area (Å²) >= 11 is 0. The Morgan fingerprint density at radius 3 is 2.43 bits per heavy atom. The number of carboxylic acids is 1. The van der Waals surface area contributed by atoms with Crippen LogP contribution in [0.15, 0.2) is 12.1 Å². The Morgan fingerprint density at radius 1 is 1.10 bits per heavy atom. The number of nitrogens with zero attached hydrogens (tertiary/aromatic N) is 1. The number of anilines is 1. The van der Waals surface area contributed by atoms with Crippen LogP contribution < -0.4 is 4.90 Å². The number of benzene rings is 1. The van der Waals surface area contributed by atoms with Gasteiger partial charge in [-0.3, -0.25) is 4.79 Å². The van der Waals surface area contributed by atoms with Gasteiger partial charge >= 0.3 is 5.97 Å². The zero-order valence-corrected chi connectivity index (χ0v) is 12.0. The summed E-state index contributed by atoms with van der Waals surface area (Å²) < 4.78 is 40.1. The number of aliphatic carboxylic acids is 1. The topological polar surface area (TPSA) is 40.5 Å². The van der Waals surface area contributed by atoms with E-state index in [0.29, 0.717) is 6.54 Å². The molecule has 1 aromatic carbocycles. The molecule has 1 N–H and O–H groups in total. The zero-order valence-electron chi connectivity index (χ0n) is 12.0. The van der Waals surface area contributed by atoms with Crippen molar-refractivity contribution in [2.45, 2.75) is 39.0 Å². The maximum Gasteiger partial charge on any atom is 0.305 e. The normalized spacial score (nSPS) is 10.7. The SMILES string of the molecule is CCCCCCN(CCC(=O)O)c1ccc(F)c(F)c1F. The zero-order chi connectivity index (χ0) is 15.8. The van der Waals surface area contributed by atoms with Crippen LogP contribution in [0.4, 0.5) is 18.9 Å². The lowest BCUT2D eigenvalue weighted by molar-refractivity contribution is -0.136. The second-order valence-electron chi connectivity index (χ2n) is 4.89. The molecule has 0 aliphatic carbocycles. The monoisotopic (exact) mass is 303 g/mol. The Hall–Kier alpha value is -1.72. The predicted molar refractivity (Wildman–Crippen MR) is 74.9 cm³/mol. The lowest BCUT2D eigenvalue weighted by Crippen LogP contribution is -2.28. The molecule has 0 radical (unpaired) electrons. The highest BCUT2D eigenvalue weighted by molar-refractivity contribution is 5.67. The molecule has 0 amide bonds. The molecule has 1 rings (SSSR count). The van der Waals surface area contributed by atoms with Gasteiger partial charge in [0.25, 0.3) is 0 Å². The van der Waals surface area contributed by atoms with Crippen molar-refractivity contribution in [2.75, 3.05) is 18.0 Å². The van der Waals surface area contributed by atoms with E-state index < -0.39 is 23.4 Å². The van der Waals surface area contributed by atoms with Crippen molar-refractivity contribution >= 4 is 11.7 Å². The molecule has 0 aliphatic rings. The van der Waals surface area contributed by atoms with E-state index >= 15 is 0 Å². The number of hydrogen-bond donors (Lipinski definition) is 1. The summed E-state index contributed by atoms with van der Waals surface area (Å²) in [6, 6.07) is 2.00. The molecule has 0 saturated heterocycles. The van der Waals surface area contributed by atoms with Gasteiger partial charge in [-0.2, -0.15) is 0 Å². The molecule has 0 atom stereocenters. The van der Waals surface area contributed by atoms with Crippen molar-refractivity contribution in [2.24, 2.45) is 0 Å². The molecule has 0 bridgehead atoms. The van der Waals surface area contributed by atoms with Crippen molar-refractivity contribution in [1.29, 1.82) is 0 Å². The summed E-state index contributed by atoms with van der Waals surface area (Å²) in [7, 11) is 0. The second-order valence-corrected chi connectivity index (χ2v) is 4.89. The Labute approximate surface area is 122 Å². The van der Waals surface area contributed by atoms with Crippen LogP contribution >= 0.6 is 0 Å². The molecule has 0 saturated carbocycles. The molecule has 0 heterocycles. The predicted octanol–water partition coefficient (Wildman–Crippen LogP) is 3.97. The van der Waals surface area contributed by atoms with Gasteiger partial charge in [-0.15, -0.1) is 0 Å². The van der Waals surface area contributed by atoms with Crippen LogP contribution in [0.3, 0.4) is 0 Å². The van der Waals surface area contributed by atoms with Crippen molar-refractivity contribution in [1.82, 2.24) is 0 Å². The van der Waals surface area contributed by atoms with Gasteiger partial charge in [0.15, 0.2) is 17.5 Å². The highest BCUT2D eigenvalue weighted by atomic mass is 19.2. The largest absolute Gasteiger partial charge is 0.481 e. The average Bonchev–Trinajstić information content (AvgIpc) is 2.45. The lowest BCUT2D eigenvalue weighted by atomic mass is 10.1. The number of unbranched alkanes of at least 4 members (excludes halogenated alkanes) is 3. The number of carboxylic acid groups (broad SMARTS) is 1. The summed E-state index contributed by atoms with van der Waals surface area (Å²) in [6.07, 6.45) is 3.53. The molecule has 1 aromatic rings. The first-order chi connectivity index (χ1) is 9.97. The van der Waals surface area contributed by atoms with E-state index in [0.717, 1.165) is 37.8 Å². The number of carbonyl (C=O) groups is 1. The van der Waals surface area contributed by atoms with Crippen LogP contribution in [-0.2, 0) is 4.79 Å². The average molecular weight is 303 g/mol. The molecule has 0 spiro atoms. The maximum atomic E-state index is 13.8. The minimum atomic E-state index is -1.53. The van der Waals surface area contributed by atoms with Crippen LogP contribution in [0, 0.1) is 17.5 Å². The number of hydrogen-bond acceptors (Lipinski definition) is 2. The standard InChI is InChI=1S/C15H20F3NO2/c1-2-3-4-5-9-19(10-8-13(20)21)12-7-6-11(16)14(17)15(12)18/h6-7H,2-5,8-10H2,1H3,(H,20,21). The smallest absolute Gasteiger partial charge is 0.305 e. The third kappa shape index (κ3) is 5.28. The van der Waals surface area contributed by atoms with Gasteiger partial charge in [0.05, 0.1) is 12.1 Å². The first-order valence-corrected chi connectivity index (χ1v) is 7.07. The molecule has 0 aromatic heterocycles. The van der Waals surface area contributed by atoms with E-state index in [9.17, 15) is 18.0 Å². The summed E-state index contributed by atoms with van der Waals surface area (Å²) in [5.41, 5.74) is -0.0911. The van der Waals surface area contributed by atoms with Crippen LogP contribution in [0.1, 0.15) is 39.0 Å². The summed E-state index contributed by atoms with van der Waals surface area (Å²) in [5.74, 6) is -5.06. The van der Waals surface area contributed by atoms with E-state index in [1.54, 1.807) is 0 Å².